The molecule has 120 valence electrons. The van der Waals surface area contributed by atoms with Crippen LogP contribution in [0.3, 0.4) is 0 Å². The van der Waals surface area contributed by atoms with Crippen LogP contribution in [0.25, 0.3) is 0 Å². The van der Waals surface area contributed by atoms with E-state index in [1.807, 2.05) is 4.90 Å². The number of hydrogen-bond donors (Lipinski definition) is 2. The lowest BCUT2D eigenvalue weighted by Crippen LogP contribution is -2.40. The predicted molar refractivity (Wildman–Crippen MR) is 83.0 cm³/mol. The number of anilines is 1. The number of aliphatic hydroxyl groups is 1. The van der Waals surface area contributed by atoms with Gasteiger partial charge in [-0.05, 0) is 31.9 Å². The number of rotatable bonds is 5. The van der Waals surface area contributed by atoms with Crippen molar-refractivity contribution in [3.8, 4) is 0 Å². The molecule has 1 aliphatic heterocycles. The second-order valence-electron chi connectivity index (χ2n) is 5.42. The average Bonchev–Trinajstić information content (AvgIpc) is 2.97. The van der Waals surface area contributed by atoms with Crippen molar-refractivity contribution in [2.75, 3.05) is 25.0 Å². The normalized spacial score (nSPS) is 19.9. The number of likely N-dealkylation sites (tertiary alicyclic amines) is 1. The van der Waals surface area contributed by atoms with Gasteiger partial charge >= 0.3 is 0 Å². The third kappa shape index (κ3) is 3.73. The number of nitrogens with one attached hydrogen (secondary N) is 1. The van der Waals surface area contributed by atoms with Crippen molar-refractivity contribution >= 4 is 28.9 Å². The molecule has 0 radical (unpaired) electrons. The van der Waals surface area contributed by atoms with E-state index in [1.54, 1.807) is 6.92 Å². The summed E-state index contributed by atoms with van der Waals surface area (Å²) in [7, 11) is 0. The van der Waals surface area contributed by atoms with Crippen LogP contribution in [0.4, 0.5) is 11.4 Å². The predicted octanol–water partition coefficient (Wildman–Crippen LogP) is 1.89. The van der Waals surface area contributed by atoms with Gasteiger partial charge in [-0.1, -0.05) is 11.6 Å². The van der Waals surface area contributed by atoms with E-state index >= 15 is 0 Å². The van der Waals surface area contributed by atoms with Crippen molar-refractivity contribution in [1.82, 2.24) is 4.90 Å². The zero-order valence-electron chi connectivity index (χ0n) is 12.2. The van der Waals surface area contributed by atoms with E-state index in [4.69, 9.17) is 16.7 Å². The third-order valence-electron chi connectivity index (χ3n) is 3.92. The van der Waals surface area contributed by atoms with Gasteiger partial charge in [0.2, 0.25) is 5.91 Å². The zero-order chi connectivity index (χ0) is 16.3. The van der Waals surface area contributed by atoms with E-state index in [2.05, 4.69) is 5.32 Å². The van der Waals surface area contributed by atoms with Crippen LogP contribution in [-0.4, -0.2) is 46.6 Å². The van der Waals surface area contributed by atoms with Gasteiger partial charge in [0.25, 0.3) is 5.69 Å². The van der Waals surface area contributed by atoms with Crippen molar-refractivity contribution in [2.45, 2.75) is 19.4 Å². The third-order valence-corrected chi connectivity index (χ3v) is 4.25. The molecule has 2 unspecified atom stereocenters. The van der Waals surface area contributed by atoms with Gasteiger partial charge in [-0.25, -0.2) is 0 Å². The second-order valence-corrected chi connectivity index (χ2v) is 5.83. The Bertz CT molecular complexity index is 581. The minimum atomic E-state index is -0.540. The van der Waals surface area contributed by atoms with Gasteiger partial charge in [0.15, 0.2) is 0 Å². The van der Waals surface area contributed by atoms with E-state index in [1.165, 1.54) is 18.2 Å². The average molecular weight is 328 g/mol. The molecule has 1 aromatic carbocycles. The number of nitro groups is 1. The first-order valence-electron chi connectivity index (χ1n) is 7.02. The molecule has 1 aliphatic rings. The van der Waals surface area contributed by atoms with Crippen molar-refractivity contribution in [2.24, 2.45) is 5.92 Å². The van der Waals surface area contributed by atoms with Crippen molar-refractivity contribution in [1.29, 1.82) is 0 Å². The SMILES string of the molecule is CC(C(=O)Nc1cc([N+](=O)[O-])ccc1Cl)N1CCC(CO)C1. The summed E-state index contributed by atoms with van der Waals surface area (Å²) in [4.78, 5) is 24.5. The molecule has 0 bridgehead atoms. The van der Waals surface area contributed by atoms with Crippen LogP contribution in [0, 0.1) is 16.0 Å². The Morgan fingerprint density at radius 3 is 2.95 bits per heavy atom. The Hall–Kier alpha value is -1.70. The van der Waals surface area contributed by atoms with Gasteiger partial charge < -0.3 is 10.4 Å². The molecule has 1 aromatic rings. The van der Waals surface area contributed by atoms with Crippen LogP contribution in [-0.2, 0) is 4.79 Å². The lowest BCUT2D eigenvalue weighted by atomic mass is 10.1. The molecule has 1 saturated heterocycles. The Kier molecular flexibility index (Phi) is 5.33. The van der Waals surface area contributed by atoms with Crippen LogP contribution < -0.4 is 5.32 Å². The molecule has 1 amide bonds. The Balaban J connectivity index is 2.05. The molecular formula is C14H18ClN3O4. The fraction of sp³-hybridized carbons (Fsp3) is 0.500. The number of non-ortho nitro benzene ring substituents is 1. The number of halogens is 1. The molecule has 2 atom stereocenters. The Morgan fingerprint density at radius 2 is 2.36 bits per heavy atom. The van der Waals surface area contributed by atoms with E-state index in [0.717, 1.165) is 13.0 Å². The van der Waals surface area contributed by atoms with Crippen LogP contribution in [0.1, 0.15) is 13.3 Å². The van der Waals surface area contributed by atoms with Crippen LogP contribution >= 0.6 is 11.6 Å². The summed E-state index contributed by atoms with van der Waals surface area (Å²) in [6.45, 7) is 3.28. The van der Waals surface area contributed by atoms with Gasteiger partial charge in [0, 0.05) is 25.3 Å². The minimum Gasteiger partial charge on any atom is -0.396 e. The monoisotopic (exact) mass is 327 g/mol. The molecule has 8 heteroatoms. The number of hydrogen-bond acceptors (Lipinski definition) is 5. The number of carbonyl (C=O) groups excluding carboxylic acids is 1. The molecule has 1 heterocycles. The van der Waals surface area contributed by atoms with Gasteiger partial charge in [0.1, 0.15) is 0 Å². The molecule has 7 nitrogen and oxygen atoms in total. The fourth-order valence-electron chi connectivity index (χ4n) is 2.49. The molecular weight excluding hydrogens is 310 g/mol. The highest BCUT2D eigenvalue weighted by Crippen LogP contribution is 2.27. The second kappa shape index (κ2) is 7.04. The molecule has 22 heavy (non-hydrogen) atoms. The van der Waals surface area contributed by atoms with Crippen molar-refractivity contribution in [3.05, 3.63) is 33.3 Å². The molecule has 0 aromatic heterocycles. The van der Waals surface area contributed by atoms with Crippen LogP contribution in [0.15, 0.2) is 18.2 Å². The highest BCUT2D eigenvalue weighted by molar-refractivity contribution is 6.33. The molecule has 2 N–H and O–H groups in total. The zero-order valence-corrected chi connectivity index (χ0v) is 12.9. The molecule has 1 fully saturated rings. The van der Waals surface area contributed by atoms with Crippen molar-refractivity contribution in [3.63, 3.8) is 0 Å². The summed E-state index contributed by atoms with van der Waals surface area (Å²) in [5.74, 6) is -0.0855. The van der Waals surface area contributed by atoms with Crippen molar-refractivity contribution < 1.29 is 14.8 Å². The molecule has 0 aliphatic carbocycles. The molecule has 0 saturated carbocycles. The standard InChI is InChI=1S/C14H18ClN3O4/c1-9(17-5-4-10(7-17)8-19)14(20)16-13-6-11(18(21)22)2-3-12(13)15/h2-3,6,9-10,19H,4-5,7-8H2,1H3,(H,16,20). The van der Waals surface area contributed by atoms with Gasteiger partial charge in [-0.3, -0.25) is 19.8 Å². The first-order valence-corrected chi connectivity index (χ1v) is 7.40. The topological polar surface area (TPSA) is 95.7 Å². The van der Waals surface area contributed by atoms with Gasteiger partial charge in [0.05, 0.1) is 21.7 Å². The Morgan fingerprint density at radius 1 is 1.64 bits per heavy atom. The van der Waals surface area contributed by atoms with Gasteiger partial charge in [-0.15, -0.1) is 0 Å². The van der Waals surface area contributed by atoms with E-state index < -0.39 is 11.0 Å². The highest BCUT2D eigenvalue weighted by atomic mass is 35.5. The first-order chi connectivity index (χ1) is 10.4. The summed E-state index contributed by atoms with van der Waals surface area (Å²) in [6.07, 6.45) is 0.853. The largest absolute Gasteiger partial charge is 0.396 e. The first kappa shape index (κ1) is 16.7. The summed E-state index contributed by atoms with van der Waals surface area (Å²) < 4.78 is 0. The Labute approximate surface area is 133 Å². The summed E-state index contributed by atoms with van der Waals surface area (Å²) in [5, 5.41) is 22.8. The maximum Gasteiger partial charge on any atom is 0.271 e. The lowest BCUT2D eigenvalue weighted by molar-refractivity contribution is -0.384. The number of carbonyl (C=O) groups is 1. The number of benzene rings is 1. The molecule has 2 rings (SSSR count). The van der Waals surface area contributed by atoms with Gasteiger partial charge in [-0.2, -0.15) is 0 Å². The molecule has 0 spiro atoms. The summed E-state index contributed by atoms with van der Waals surface area (Å²) in [5.41, 5.74) is 0.0968. The summed E-state index contributed by atoms with van der Waals surface area (Å²) >= 11 is 5.97. The smallest absolute Gasteiger partial charge is 0.271 e. The fourth-order valence-corrected chi connectivity index (χ4v) is 2.65. The quantitative estimate of drug-likeness (QED) is 0.636. The van der Waals surface area contributed by atoms with E-state index in [0.29, 0.717) is 6.54 Å². The van der Waals surface area contributed by atoms with Crippen LogP contribution in [0.2, 0.25) is 5.02 Å². The maximum atomic E-state index is 12.3. The summed E-state index contributed by atoms with van der Waals surface area (Å²) in [6, 6.07) is 3.52. The highest BCUT2D eigenvalue weighted by Gasteiger charge is 2.29. The number of aliphatic hydroxyl groups excluding tert-OH is 1. The van der Waals surface area contributed by atoms with Crippen LogP contribution in [0.5, 0.6) is 0 Å². The number of nitro benzene ring substituents is 1. The van der Waals surface area contributed by atoms with E-state index in [-0.39, 0.29) is 34.8 Å². The van der Waals surface area contributed by atoms with E-state index in [9.17, 15) is 14.9 Å². The lowest BCUT2D eigenvalue weighted by Gasteiger charge is -2.23. The number of nitrogens with zero attached hydrogens (tertiary/aromatic N) is 2. The number of amides is 1. The minimum absolute atomic E-state index is 0.113. The maximum absolute atomic E-state index is 12.3.